The Hall–Kier alpha value is -2.87. The maximum atomic E-state index is 6.63. The summed E-state index contributed by atoms with van der Waals surface area (Å²) < 4.78 is 8.96. The molecular formula is C28H28NO+. The molecule has 1 saturated carbocycles. The van der Waals surface area contributed by atoms with Gasteiger partial charge in [-0.15, -0.1) is 0 Å². The number of rotatable bonds is 2. The Balaban J connectivity index is 1.64. The zero-order valence-electron chi connectivity index (χ0n) is 18.1. The average molecular weight is 395 g/mol. The molecule has 0 radical (unpaired) electrons. The Morgan fingerprint density at radius 3 is 2.57 bits per heavy atom. The first-order valence-electron chi connectivity index (χ1n) is 11.3. The van der Waals surface area contributed by atoms with Gasteiger partial charge in [-0.05, 0) is 58.7 Å². The predicted molar refractivity (Wildman–Crippen MR) is 123 cm³/mol. The minimum absolute atomic E-state index is 0.831. The molecule has 1 fully saturated rings. The van der Waals surface area contributed by atoms with Crippen molar-refractivity contribution in [3.05, 3.63) is 65.4 Å². The molecule has 1 aliphatic carbocycles. The molecule has 0 spiro atoms. The highest BCUT2D eigenvalue weighted by atomic mass is 16.5. The molecule has 1 aliphatic heterocycles. The summed E-state index contributed by atoms with van der Waals surface area (Å²) in [5.41, 5.74) is 6.52. The molecule has 0 N–H and O–H groups in total. The second-order valence-corrected chi connectivity index (χ2v) is 9.30. The molecule has 0 amide bonds. The van der Waals surface area contributed by atoms with Gasteiger partial charge in [-0.25, -0.2) is 0 Å². The summed E-state index contributed by atoms with van der Waals surface area (Å²) in [6, 6.07) is 17.9. The summed E-state index contributed by atoms with van der Waals surface area (Å²) >= 11 is 0. The normalized spacial score (nSPS) is 15.6. The Bertz CT molecular complexity index is 1330. The van der Waals surface area contributed by atoms with E-state index in [1.165, 1.54) is 81.7 Å². The highest BCUT2D eigenvalue weighted by Crippen LogP contribution is 2.49. The lowest BCUT2D eigenvalue weighted by Gasteiger charge is -2.23. The van der Waals surface area contributed by atoms with Gasteiger partial charge in [-0.2, -0.15) is 4.57 Å². The summed E-state index contributed by atoms with van der Waals surface area (Å²) in [5, 5.41) is 5.11. The van der Waals surface area contributed by atoms with Gasteiger partial charge in [-0.1, -0.05) is 56.0 Å². The van der Waals surface area contributed by atoms with Crippen molar-refractivity contribution in [2.24, 2.45) is 13.0 Å². The van der Waals surface area contributed by atoms with Crippen LogP contribution in [0.15, 0.2) is 48.5 Å². The fourth-order valence-corrected chi connectivity index (χ4v) is 5.76. The number of nitrogens with zero attached hydrogens (tertiary/aromatic N) is 1. The first kappa shape index (κ1) is 17.9. The number of fused-ring (bicyclic) bond motifs is 3. The highest BCUT2D eigenvalue weighted by molar-refractivity contribution is 6.05. The Morgan fingerprint density at radius 1 is 0.933 bits per heavy atom. The van der Waals surface area contributed by atoms with Crippen LogP contribution in [-0.2, 0) is 13.5 Å². The summed E-state index contributed by atoms with van der Waals surface area (Å²) in [6.07, 6.45) is 6.69. The Morgan fingerprint density at radius 2 is 1.73 bits per heavy atom. The molecule has 0 bridgehead atoms. The zero-order valence-corrected chi connectivity index (χ0v) is 18.1. The van der Waals surface area contributed by atoms with Crippen LogP contribution >= 0.6 is 0 Å². The van der Waals surface area contributed by atoms with Crippen LogP contribution in [0.2, 0.25) is 0 Å². The molecule has 0 unspecified atom stereocenters. The van der Waals surface area contributed by atoms with Gasteiger partial charge in [0, 0.05) is 13.0 Å². The molecule has 1 aromatic heterocycles. The molecule has 3 aromatic carbocycles. The average Bonchev–Trinajstić information content (AvgIpc) is 3.24. The monoisotopic (exact) mass is 394 g/mol. The predicted octanol–water partition coefficient (Wildman–Crippen LogP) is 6.94. The third-order valence-corrected chi connectivity index (χ3v) is 7.39. The molecule has 4 aromatic rings. The molecule has 2 aliphatic rings. The van der Waals surface area contributed by atoms with E-state index in [0.717, 1.165) is 17.4 Å². The van der Waals surface area contributed by atoms with Crippen molar-refractivity contribution < 1.29 is 9.30 Å². The number of ether oxygens (including phenoxy) is 1. The first-order chi connectivity index (χ1) is 14.6. The highest BCUT2D eigenvalue weighted by Gasteiger charge is 2.31. The number of benzene rings is 3. The van der Waals surface area contributed by atoms with Crippen molar-refractivity contribution >= 4 is 21.5 Å². The van der Waals surface area contributed by atoms with Crippen molar-refractivity contribution in [2.75, 3.05) is 0 Å². The van der Waals surface area contributed by atoms with Crippen LogP contribution in [0.3, 0.4) is 0 Å². The van der Waals surface area contributed by atoms with Crippen molar-refractivity contribution in [1.82, 2.24) is 0 Å². The Labute approximate surface area is 178 Å². The van der Waals surface area contributed by atoms with E-state index in [4.69, 9.17) is 4.74 Å². The lowest BCUT2D eigenvalue weighted by atomic mass is 9.89. The summed E-state index contributed by atoms with van der Waals surface area (Å²) in [7, 11) is 2.18. The number of hydrogen-bond acceptors (Lipinski definition) is 1. The quantitative estimate of drug-likeness (QED) is 0.296. The maximum Gasteiger partial charge on any atom is 0.228 e. The van der Waals surface area contributed by atoms with Gasteiger partial charge < -0.3 is 4.74 Å². The Kier molecular flexibility index (Phi) is 3.93. The van der Waals surface area contributed by atoms with E-state index in [2.05, 4.69) is 74.0 Å². The van der Waals surface area contributed by atoms with Crippen LogP contribution < -0.4 is 9.30 Å². The lowest BCUT2D eigenvalue weighted by Crippen LogP contribution is -2.35. The number of hydrogen-bond donors (Lipinski definition) is 0. The van der Waals surface area contributed by atoms with Gasteiger partial charge in [0.1, 0.15) is 18.5 Å². The van der Waals surface area contributed by atoms with E-state index >= 15 is 0 Å². The lowest BCUT2D eigenvalue weighted by molar-refractivity contribution is -0.665. The van der Waals surface area contributed by atoms with E-state index < -0.39 is 0 Å². The molecule has 6 rings (SSSR count). The van der Waals surface area contributed by atoms with Crippen LogP contribution in [0.25, 0.3) is 32.8 Å². The van der Waals surface area contributed by atoms with Crippen molar-refractivity contribution in [3.8, 4) is 22.8 Å². The summed E-state index contributed by atoms with van der Waals surface area (Å²) in [4.78, 5) is 0. The van der Waals surface area contributed by atoms with Crippen LogP contribution in [0.4, 0.5) is 0 Å². The number of aryl methyl sites for hydroxylation is 2. The van der Waals surface area contributed by atoms with E-state index in [1.807, 2.05) is 0 Å². The van der Waals surface area contributed by atoms with Gasteiger partial charge in [0.15, 0.2) is 5.69 Å². The molecule has 30 heavy (non-hydrogen) atoms. The third kappa shape index (κ3) is 2.59. The second-order valence-electron chi connectivity index (χ2n) is 9.30. The van der Waals surface area contributed by atoms with Gasteiger partial charge in [-0.3, -0.25) is 0 Å². The molecule has 0 atom stereocenters. The van der Waals surface area contributed by atoms with Crippen molar-refractivity contribution in [2.45, 2.75) is 46.0 Å². The van der Waals surface area contributed by atoms with E-state index in [9.17, 15) is 0 Å². The fourth-order valence-electron chi connectivity index (χ4n) is 5.76. The topological polar surface area (TPSA) is 13.1 Å². The van der Waals surface area contributed by atoms with Gasteiger partial charge in [0.05, 0.1) is 10.9 Å². The largest absolute Gasteiger partial charge is 0.456 e. The van der Waals surface area contributed by atoms with Crippen molar-refractivity contribution in [1.29, 1.82) is 0 Å². The standard InChI is InChI=1S/C28H28NO/c1-17-12-22-14-20(13-19-8-4-5-9-19)15-24-27(22)28(29(17)3)26-18(2)23-11-7-6-10-21(23)16-25(26)30-24/h6-7,10-12,14-16,19H,4-5,8-9,13H2,1-3H3/q+1. The molecule has 0 saturated heterocycles. The first-order valence-corrected chi connectivity index (χ1v) is 11.3. The fraction of sp³-hybridized carbons (Fsp3) is 0.321. The summed E-state index contributed by atoms with van der Waals surface area (Å²) in [5.74, 6) is 2.84. The number of pyridine rings is 1. The van der Waals surface area contributed by atoms with E-state index in [1.54, 1.807) is 0 Å². The smallest absolute Gasteiger partial charge is 0.228 e. The van der Waals surface area contributed by atoms with Crippen LogP contribution in [0, 0.1) is 19.8 Å². The SMILES string of the molecule is Cc1c2c(cc3ccccc13)Oc1cc(CC3CCCC3)cc3cc(C)[n+](C)c-2c13. The van der Waals surface area contributed by atoms with Gasteiger partial charge in [0.2, 0.25) is 5.69 Å². The molecule has 2 nitrogen and oxygen atoms in total. The van der Waals surface area contributed by atoms with Gasteiger partial charge in [0.25, 0.3) is 0 Å². The maximum absolute atomic E-state index is 6.63. The van der Waals surface area contributed by atoms with Crippen LogP contribution in [0.5, 0.6) is 11.5 Å². The molecule has 150 valence electrons. The minimum Gasteiger partial charge on any atom is -0.456 e. The van der Waals surface area contributed by atoms with E-state index in [-0.39, 0.29) is 0 Å². The second kappa shape index (κ2) is 6.57. The van der Waals surface area contributed by atoms with Crippen LogP contribution in [0.1, 0.15) is 42.5 Å². The minimum atomic E-state index is 0.831. The van der Waals surface area contributed by atoms with Crippen LogP contribution in [-0.4, -0.2) is 0 Å². The molecule has 2 heterocycles. The molecular weight excluding hydrogens is 366 g/mol. The number of aromatic nitrogens is 1. The van der Waals surface area contributed by atoms with Gasteiger partial charge >= 0.3 is 0 Å². The van der Waals surface area contributed by atoms with Crippen molar-refractivity contribution in [3.63, 3.8) is 0 Å². The molecule has 2 heteroatoms. The van der Waals surface area contributed by atoms with E-state index in [0.29, 0.717) is 0 Å². The third-order valence-electron chi connectivity index (χ3n) is 7.39. The zero-order chi connectivity index (χ0) is 20.4. The summed E-state index contributed by atoms with van der Waals surface area (Å²) in [6.45, 7) is 4.45.